The minimum Gasteiger partial charge on any atom is -0.748 e. The standard InChI is InChI=1S/C4H10NO.C2H6O3S/c1-5(2)4-6-3;1-2-6(3,4)5/h4H,1-3H3;2H2,1H3,(H,3,4,5)/q+1;/p-1. The summed E-state index contributed by atoms with van der Waals surface area (Å²) in [5.41, 5.74) is 0. The maximum Gasteiger partial charge on any atom is 0.322 e. The fourth-order valence-corrected chi connectivity index (χ4v) is 0.211. The van der Waals surface area contributed by atoms with E-state index < -0.39 is 10.1 Å². The van der Waals surface area contributed by atoms with E-state index in [4.69, 9.17) is 0 Å². The molecule has 0 aliphatic heterocycles. The molecule has 0 bridgehead atoms. The third-order valence-corrected chi connectivity index (χ3v) is 1.38. The highest BCUT2D eigenvalue weighted by Gasteiger charge is 1.80. The molecule has 0 aliphatic carbocycles. The molecule has 0 unspecified atom stereocenters. The second-order valence-corrected chi connectivity index (χ2v) is 3.84. The second-order valence-electron chi connectivity index (χ2n) is 2.15. The maximum absolute atomic E-state index is 9.44. The third-order valence-electron chi connectivity index (χ3n) is 0.670. The van der Waals surface area contributed by atoms with Crippen LogP contribution in [0.1, 0.15) is 6.92 Å². The molecule has 12 heavy (non-hydrogen) atoms. The topological polar surface area (TPSA) is 69.4 Å². The monoisotopic (exact) mass is 197 g/mol. The lowest BCUT2D eigenvalue weighted by Crippen LogP contribution is -1.98. The lowest BCUT2D eigenvalue weighted by atomic mass is 11.0. The lowest BCUT2D eigenvalue weighted by molar-refractivity contribution is -0.467. The van der Waals surface area contributed by atoms with Crippen LogP contribution < -0.4 is 0 Å². The third kappa shape index (κ3) is 22.8. The van der Waals surface area contributed by atoms with E-state index in [2.05, 4.69) is 4.74 Å². The van der Waals surface area contributed by atoms with E-state index >= 15 is 0 Å². The molecule has 0 saturated carbocycles. The summed E-state index contributed by atoms with van der Waals surface area (Å²) in [6.07, 6.45) is 1.62. The molecule has 74 valence electrons. The van der Waals surface area contributed by atoms with Crippen LogP contribution in [0.5, 0.6) is 0 Å². The van der Waals surface area contributed by atoms with Crippen molar-refractivity contribution >= 4 is 16.5 Å². The molecule has 0 aromatic carbocycles. The summed E-state index contributed by atoms with van der Waals surface area (Å²) in [7, 11) is 1.53. The number of methoxy groups -OCH3 is 1. The molecule has 0 aliphatic rings. The van der Waals surface area contributed by atoms with Gasteiger partial charge in [0.25, 0.3) is 0 Å². The van der Waals surface area contributed by atoms with Crippen LogP contribution in [-0.2, 0) is 14.9 Å². The van der Waals surface area contributed by atoms with E-state index in [9.17, 15) is 13.0 Å². The van der Waals surface area contributed by atoms with Gasteiger partial charge in [0, 0.05) is 5.75 Å². The molecule has 0 spiro atoms. The molecule has 0 atom stereocenters. The SMILES string of the molecule is CCS(=O)(=O)[O-].COC=[N+](C)C. The number of rotatable bonds is 2. The molecular formula is C6H15NO4S. The van der Waals surface area contributed by atoms with Gasteiger partial charge in [-0.25, -0.2) is 13.0 Å². The highest BCUT2D eigenvalue weighted by Crippen LogP contribution is 1.73. The number of ether oxygens (including phenoxy) is 1. The van der Waals surface area contributed by atoms with Gasteiger partial charge >= 0.3 is 6.40 Å². The molecule has 6 heteroatoms. The van der Waals surface area contributed by atoms with Gasteiger partial charge in [-0.1, -0.05) is 6.92 Å². The molecule has 5 nitrogen and oxygen atoms in total. The average molecular weight is 197 g/mol. The number of hydrogen-bond acceptors (Lipinski definition) is 4. The molecule has 0 aromatic rings. The van der Waals surface area contributed by atoms with Gasteiger partial charge in [-0.3, -0.25) is 0 Å². The zero-order valence-electron chi connectivity index (χ0n) is 7.77. The van der Waals surface area contributed by atoms with Gasteiger partial charge in [-0.2, -0.15) is 0 Å². The summed E-state index contributed by atoms with van der Waals surface area (Å²) < 4.78 is 34.8. The van der Waals surface area contributed by atoms with E-state index in [1.807, 2.05) is 18.7 Å². The van der Waals surface area contributed by atoms with Crippen molar-refractivity contribution in [2.45, 2.75) is 6.92 Å². The highest BCUT2D eigenvalue weighted by molar-refractivity contribution is 7.85. The molecule has 0 amide bonds. The first-order valence-electron chi connectivity index (χ1n) is 3.29. The maximum atomic E-state index is 9.44. The lowest BCUT2D eigenvalue weighted by Gasteiger charge is -1.97. The predicted molar refractivity (Wildman–Crippen MR) is 45.4 cm³/mol. The normalized spacial score (nSPS) is 9.42. The van der Waals surface area contributed by atoms with E-state index in [0.717, 1.165) is 0 Å². The Morgan fingerprint density at radius 1 is 1.50 bits per heavy atom. The van der Waals surface area contributed by atoms with Crippen LogP contribution in [0.15, 0.2) is 0 Å². The fraction of sp³-hybridized carbons (Fsp3) is 0.833. The highest BCUT2D eigenvalue weighted by atomic mass is 32.2. The summed E-state index contributed by atoms with van der Waals surface area (Å²) in [5.74, 6) is -0.312. The van der Waals surface area contributed by atoms with Crippen molar-refractivity contribution in [3.63, 3.8) is 0 Å². The van der Waals surface area contributed by atoms with Gasteiger partial charge in [0.1, 0.15) is 14.1 Å². The first-order chi connectivity index (χ1) is 5.33. The summed E-state index contributed by atoms with van der Waals surface area (Å²) in [6.45, 7) is 1.31. The Labute approximate surface area is 73.4 Å². The summed E-state index contributed by atoms with van der Waals surface area (Å²) >= 11 is 0. The van der Waals surface area contributed by atoms with Gasteiger partial charge in [0.2, 0.25) is 0 Å². The van der Waals surface area contributed by atoms with Crippen LogP contribution in [0.25, 0.3) is 0 Å². The minimum absolute atomic E-state index is 0.312. The van der Waals surface area contributed by atoms with Crippen LogP contribution in [0.4, 0.5) is 0 Å². The van der Waals surface area contributed by atoms with E-state index in [-0.39, 0.29) is 5.75 Å². The van der Waals surface area contributed by atoms with Gasteiger partial charge in [-0.15, -0.1) is 0 Å². The van der Waals surface area contributed by atoms with Crippen molar-refractivity contribution in [1.82, 2.24) is 0 Å². The summed E-state index contributed by atoms with van der Waals surface area (Å²) in [4.78, 5) is 0. The van der Waals surface area contributed by atoms with Crippen molar-refractivity contribution in [3.05, 3.63) is 0 Å². The van der Waals surface area contributed by atoms with Crippen LogP contribution in [-0.4, -0.2) is 50.9 Å². The van der Waals surface area contributed by atoms with E-state index in [0.29, 0.717) is 0 Å². The van der Waals surface area contributed by atoms with Crippen molar-refractivity contribution in [3.8, 4) is 0 Å². The Bertz CT molecular complexity index is 216. The summed E-state index contributed by atoms with van der Waals surface area (Å²) in [5, 5.41) is 0. The largest absolute Gasteiger partial charge is 0.748 e. The molecule has 0 aromatic heterocycles. The fourth-order valence-electron chi connectivity index (χ4n) is 0.211. The Balaban J connectivity index is 0. The van der Waals surface area contributed by atoms with Crippen molar-refractivity contribution in [2.24, 2.45) is 0 Å². The average Bonchev–Trinajstić information content (AvgIpc) is 1.87. The first-order valence-corrected chi connectivity index (χ1v) is 4.87. The molecule has 0 fully saturated rings. The Kier molecular flexibility index (Phi) is 8.19. The Morgan fingerprint density at radius 3 is 1.83 bits per heavy atom. The van der Waals surface area contributed by atoms with Gasteiger partial charge in [-0.05, 0) is 0 Å². The number of hydrogen-bond donors (Lipinski definition) is 0. The molecule has 0 N–H and O–H groups in total. The molecule has 0 radical (unpaired) electrons. The zero-order valence-corrected chi connectivity index (χ0v) is 8.59. The summed E-state index contributed by atoms with van der Waals surface area (Å²) in [6, 6.07) is 0. The zero-order chi connectivity index (χ0) is 10.2. The molecule has 0 rings (SSSR count). The van der Waals surface area contributed by atoms with Crippen LogP contribution in [0.3, 0.4) is 0 Å². The Morgan fingerprint density at radius 2 is 1.83 bits per heavy atom. The van der Waals surface area contributed by atoms with Crippen molar-refractivity contribution in [1.29, 1.82) is 0 Å². The van der Waals surface area contributed by atoms with E-state index in [1.165, 1.54) is 6.92 Å². The van der Waals surface area contributed by atoms with Gasteiger partial charge in [0.05, 0.1) is 17.2 Å². The molecule has 0 heterocycles. The number of nitrogens with zero attached hydrogens (tertiary/aromatic N) is 1. The predicted octanol–water partition coefficient (Wildman–Crippen LogP) is -0.515. The van der Waals surface area contributed by atoms with Gasteiger partial charge < -0.3 is 9.29 Å². The smallest absolute Gasteiger partial charge is 0.322 e. The van der Waals surface area contributed by atoms with Crippen LogP contribution >= 0.6 is 0 Å². The Hall–Kier alpha value is -0.620. The molecular weight excluding hydrogens is 182 g/mol. The van der Waals surface area contributed by atoms with Crippen LogP contribution in [0.2, 0.25) is 0 Å². The van der Waals surface area contributed by atoms with Crippen molar-refractivity contribution < 1.29 is 22.3 Å². The van der Waals surface area contributed by atoms with Crippen LogP contribution in [0, 0.1) is 0 Å². The molecule has 0 saturated heterocycles. The minimum atomic E-state index is -3.91. The second kappa shape index (κ2) is 7.05. The van der Waals surface area contributed by atoms with Gasteiger partial charge in [0.15, 0.2) is 0 Å². The quantitative estimate of drug-likeness (QED) is 0.258. The van der Waals surface area contributed by atoms with E-state index in [1.54, 1.807) is 13.5 Å². The first kappa shape index (κ1) is 13.9. The van der Waals surface area contributed by atoms with Crippen molar-refractivity contribution in [2.75, 3.05) is 27.0 Å².